The Hall–Kier alpha value is -1.92. The highest BCUT2D eigenvalue weighted by Gasteiger charge is 2.41. The molecule has 0 unspecified atom stereocenters. The third-order valence-electron chi connectivity index (χ3n) is 5.02. The van der Waals surface area contributed by atoms with E-state index < -0.39 is 5.60 Å². The number of aliphatic hydroxyl groups excluding tert-OH is 1. The van der Waals surface area contributed by atoms with Crippen molar-refractivity contribution in [1.29, 1.82) is 0 Å². The van der Waals surface area contributed by atoms with Crippen molar-refractivity contribution in [3.8, 4) is 0 Å². The fourth-order valence-electron chi connectivity index (χ4n) is 3.48. The minimum absolute atomic E-state index is 0.103. The van der Waals surface area contributed by atoms with Gasteiger partial charge in [-0.25, -0.2) is 9.18 Å². The van der Waals surface area contributed by atoms with E-state index in [9.17, 15) is 14.3 Å². The minimum Gasteiger partial charge on any atom is -0.438 e. The van der Waals surface area contributed by atoms with Crippen molar-refractivity contribution < 1.29 is 19.0 Å². The Morgan fingerprint density at radius 1 is 1.15 bits per heavy atom. The van der Waals surface area contributed by atoms with Crippen LogP contribution in [-0.4, -0.2) is 35.8 Å². The molecule has 0 radical (unpaired) electrons. The van der Waals surface area contributed by atoms with E-state index in [1.54, 1.807) is 17.0 Å². The molecule has 1 fully saturated rings. The number of nitrogens with zero attached hydrogens (tertiary/aromatic N) is 1. The Labute approximate surface area is 167 Å². The Balaban J connectivity index is 1.60. The number of carbonyl (C=O) groups excluding carboxylic acids is 1. The van der Waals surface area contributed by atoms with Crippen LogP contribution in [0.25, 0.3) is 0 Å². The molecule has 4 nitrogen and oxygen atoms in total. The molecular weight excluding hydrogens is 413 g/mol. The highest BCUT2D eigenvalue weighted by atomic mass is 79.9. The highest BCUT2D eigenvalue weighted by Crippen LogP contribution is 2.37. The second kappa shape index (κ2) is 8.85. The average Bonchev–Trinajstić information content (AvgIpc) is 2.66. The number of amides is 1. The number of aryl methyl sites for hydroxylation is 1. The lowest BCUT2D eigenvalue weighted by Crippen LogP contribution is -2.48. The van der Waals surface area contributed by atoms with Crippen LogP contribution >= 0.6 is 15.9 Å². The molecule has 1 heterocycles. The van der Waals surface area contributed by atoms with E-state index in [1.807, 2.05) is 12.1 Å². The Morgan fingerprint density at radius 2 is 1.85 bits per heavy atom. The van der Waals surface area contributed by atoms with Gasteiger partial charge < -0.3 is 14.7 Å². The fourth-order valence-corrected chi connectivity index (χ4v) is 3.74. The van der Waals surface area contributed by atoms with E-state index in [0.29, 0.717) is 25.9 Å². The Kier molecular flexibility index (Phi) is 6.50. The maximum atomic E-state index is 13.2. The maximum Gasteiger partial charge on any atom is 0.410 e. The molecule has 0 aliphatic carbocycles. The molecule has 1 aliphatic heterocycles. The van der Waals surface area contributed by atoms with Gasteiger partial charge in [-0.05, 0) is 48.2 Å². The average molecular weight is 436 g/mol. The van der Waals surface area contributed by atoms with Crippen LogP contribution in [0.4, 0.5) is 9.18 Å². The number of halogens is 2. The van der Waals surface area contributed by atoms with E-state index in [1.165, 1.54) is 17.7 Å². The molecule has 2 aromatic carbocycles. The number of cyclic esters (lactones) is 1. The third kappa shape index (κ3) is 4.87. The van der Waals surface area contributed by atoms with Crippen LogP contribution in [0.3, 0.4) is 0 Å². The van der Waals surface area contributed by atoms with Gasteiger partial charge in [-0.2, -0.15) is 0 Å². The van der Waals surface area contributed by atoms with Gasteiger partial charge in [-0.1, -0.05) is 40.2 Å². The first-order chi connectivity index (χ1) is 13.0. The Bertz CT molecular complexity index is 766. The van der Waals surface area contributed by atoms with Gasteiger partial charge in [0.25, 0.3) is 0 Å². The van der Waals surface area contributed by atoms with Crippen LogP contribution in [0.1, 0.15) is 30.4 Å². The second-order valence-corrected chi connectivity index (χ2v) is 7.73. The zero-order valence-electron chi connectivity index (χ0n) is 15.0. The normalized spacial score (nSPS) is 19.8. The van der Waals surface area contributed by atoms with E-state index in [2.05, 4.69) is 28.1 Å². The van der Waals surface area contributed by atoms with Crippen LogP contribution < -0.4 is 0 Å². The minimum atomic E-state index is -0.887. The van der Waals surface area contributed by atoms with Gasteiger partial charge in [0.2, 0.25) is 0 Å². The Morgan fingerprint density at radius 3 is 2.48 bits per heavy atom. The van der Waals surface area contributed by atoms with Crippen molar-refractivity contribution in [2.75, 3.05) is 19.7 Å². The van der Waals surface area contributed by atoms with E-state index in [4.69, 9.17) is 4.74 Å². The highest BCUT2D eigenvalue weighted by molar-refractivity contribution is 9.10. The standard InChI is InChI=1S/C21H23BrFNO3/c22-18-7-3-16(4-8-18)2-1-13-24-14-11-21(12-15-25,27-20(24)26)17-5-9-19(23)10-6-17/h3-10,25H,1-2,11-15H2/t21-/m1/s1. The summed E-state index contributed by atoms with van der Waals surface area (Å²) in [7, 11) is 0. The zero-order chi connectivity index (χ0) is 19.3. The topological polar surface area (TPSA) is 49.8 Å². The molecule has 1 N–H and O–H groups in total. The van der Waals surface area contributed by atoms with Gasteiger partial charge in [0.05, 0.1) is 0 Å². The summed E-state index contributed by atoms with van der Waals surface area (Å²) in [5.41, 5.74) is 1.06. The monoisotopic (exact) mass is 435 g/mol. The summed E-state index contributed by atoms with van der Waals surface area (Å²) in [6.07, 6.45) is 2.23. The summed E-state index contributed by atoms with van der Waals surface area (Å²) < 4.78 is 20.1. The van der Waals surface area contributed by atoms with Crippen LogP contribution in [-0.2, 0) is 16.8 Å². The van der Waals surface area contributed by atoms with Gasteiger partial charge in [-0.15, -0.1) is 0 Å². The van der Waals surface area contributed by atoms with Crippen molar-refractivity contribution in [3.63, 3.8) is 0 Å². The number of rotatable bonds is 7. The van der Waals surface area contributed by atoms with Gasteiger partial charge in [0.1, 0.15) is 11.4 Å². The van der Waals surface area contributed by atoms with Crippen LogP contribution in [0.2, 0.25) is 0 Å². The van der Waals surface area contributed by atoms with Crippen molar-refractivity contribution >= 4 is 22.0 Å². The molecule has 27 heavy (non-hydrogen) atoms. The second-order valence-electron chi connectivity index (χ2n) is 6.81. The first kappa shape index (κ1) is 19.8. The molecular formula is C21H23BrFNO3. The number of carbonyl (C=O) groups is 1. The van der Waals surface area contributed by atoms with E-state index in [0.717, 1.165) is 22.9 Å². The summed E-state index contributed by atoms with van der Waals surface area (Å²) in [5, 5.41) is 9.46. The van der Waals surface area contributed by atoms with Gasteiger partial charge >= 0.3 is 6.09 Å². The molecule has 0 saturated carbocycles. The third-order valence-corrected chi connectivity index (χ3v) is 5.55. The first-order valence-electron chi connectivity index (χ1n) is 9.12. The number of benzene rings is 2. The van der Waals surface area contributed by atoms with Crippen molar-refractivity contribution in [2.24, 2.45) is 0 Å². The summed E-state index contributed by atoms with van der Waals surface area (Å²) >= 11 is 3.42. The first-order valence-corrected chi connectivity index (χ1v) is 9.91. The predicted octanol–water partition coefficient (Wildman–Crippen LogP) is 4.64. The van der Waals surface area contributed by atoms with E-state index >= 15 is 0 Å². The number of hydrogen-bond acceptors (Lipinski definition) is 3. The van der Waals surface area contributed by atoms with Crippen molar-refractivity contribution in [3.05, 3.63) is 69.9 Å². The SMILES string of the molecule is O=C1O[C@](CCO)(c2ccc(F)cc2)CCN1CCCc1ccc(Br)cc1. The summed E-state index contributed by atoms with van der Waals surface area (Å²) in [5.74, 6) is -0.338. The molecule has 6 heteroatoms. The number of hydrogen-bond donors (Lipinski definition) is 1. The molecule has 3 rings (SSSR count). The summed E-state index contributed by atoms with van der Waals surface area (Å²) in [6, 6.07) is 14.1. The lowest BCUT2D eigenvalue weighted by Gasteiger charge is -2.41. The van der Waals surface area contributed by atoms with Gasteiger partial charge in [-0.3, -0.25) is 0 Å². The molecule has 1 amide bonds. The predicted molar refractivity (Wildman–Crippen MR) is 105 cm³/mol. The molecule has 1 atom stereocenters. The van der Waals surface area contributed by atoms with Crippen LogP contribution in [0.5, 0.6) is 0 Å². The van der Waals surface area contributed by atoms with Gasteiger partial charge in [0, 0.05) is 37.0 Å². The lowest BCUT2D eigenvalue weighted by atomic mass is 9.86. The molecule has 0 bridgehead atoms. The maximum absolute atomic E-state index is 13.2. The van der Waals surface area contributed by atoms with Crippen molar-refractivity contribution in [1.82, 2.24) is 4.90 Å². The molecule has 0 spiro atoms. The smallest absolute Gasteiger partial charge is 0.410 e. The lowest BCUT2D eigenvalue weighted by molar-refractivity contribution is -0.0650. The molecule has 1 saturated heterocycles. The van der Waals surface area contributed by atoms with E-state index in [-0.39, 0.29) is 18.5 Å². The summed E-state index contributed by atoms with van der Waals surface area (Å²) in [6.45, 7) is 1.07. The molecule has 144 valence electrons. The van der Waals surface area contributed by atoms with Crippen LogP contribution in [0, 0.1) is 5.82 Å². The van der Waals surface area contributed by atoms with Crippen molar-refractivity contribution in [2.45, 2.75) is 31.3 Å². The fraction of sp³-hybridized carbons (Fsp3) is 0.381. The quantitative estimate of drug-likeness (QED) is 0.688. The van der Waals surface area contributed by atoms with Crippen LogP contribution in [0.15, 0.2) is 53.0 Å². The van der Waals surface area contributed by atoms with Gasteiger partial charge in [0.15, 0.2) is 0 Å². The summed E-state index contributed by atoms with van der Waals surface area (Å²) in [4.78, 5) is 14.3. The molecule has 2 aromatic rings. The zero-order valence-corrected chi connectivity index (χ0v) is 16.6. The molecule has 1 aliphatic rings. The molecule has 0 aromatic heterocycles. The number of aliphatic hydroxyl groups is 1. The largest absolute Gasteiger partial charge is 0.438 e. The number of ether oxygens (including phenoxy) is 1.